The van der Waals surface area contributed by atoms with Crippen LogP contribution in [0.3, 0.4) is 0 Å². The first-order valence-electron chi connectivity index (χ1n) is 5.32. The molecule has 18 heavy (non-hydrogen) atoms. The number of nitrogens with zero attached hydrogens (tertiary/aromatic N) is 3. The van der Waals surface area contributed by atoms with Crippen molar-refractivity contribution in [1.82, 2.24) is 4.98 Å². The molecule has 0 unspecified atom stereocenters. The van der Waals surface area contributed by atoms with Gasteiger partial charge in [0.2, 0.25) is 5.82 Å². The van der Waals surface area contributed by atoms with Crippen LogP contribution in [0.2, 0.25) is 0 Å². The number of alkyl halides is 2. The lowest BCUT2D eigenvalue weighted by Crippen LogP contribution is -2.40. The third-order valence-corrected chi connectivity index (χ3v) is 3.24. The molecule has 2 rings (SSSR count). The fourth-order valence-corrected chi connectivity index (χ4v) is 2.16. The average molecular weight is 322 g/mol. The monoisotopic (exact) mass is 321 g/mol. The summed E-state index contributed by atoms with van der Waals surface area (Å²) in [6.45, 7) is 0.144. The second kappa shape index (κ2) is 4.75. The van der Waals surface area contributed by atoms with Gasteiger partial charge in [-0.15, -0.1) is 0 Å². The topological polar surface area (TPSA) is 59.3 Å². The molecule has 5 nitrogen and oxygen atoms in total. The van der Waals surface area contributed by atoms with Crippen molar-refractivity contribution in [3.63, 3.8) is 0 Å². The van der Waals surface area contributed by atoms with E-state index in [4.69, 9.17) is 0 Å². The van der Waals surface area contributed by atoms with Crippen molar-refractivity contribution in [1.29, 1.82) is 0 Å². The summed E-state index contributed by atoms with van der Waals surface area (Å²) in [6, 6.07) is 1.33. The third kappa shape index (κ3) is 2.74. The summed E-state index contributed by atoms with van der Waals surface area (Å²) in [7, 11) is 0. The molecule has 0 bridgehead atoms. The number of halogens is 3. The molecule has 1 aliphatic rings. The summed E-state index contributed by atoms with van der Waals surface area (Å²) >= 11 is 3.10. The Kier molecular flexibility index (Phi) is 3.47. The lowest BCUT2D eigenvalue weighted by Gasteiger charge is -2.32. The molecular formula is C10H10BrF2N3O2. The maximum Gasteiger partial charge on any atom is 0.312 e. The van der Waals surface area contributed by atoms with Crippen LogP contribution in [-0.4, -0.2) is 28.9 Å². The molecule has 0 radical (unpaired) electrons. The molecule has 0 aliphatic carbocycles. The number of hydrogen-bond acceptors (Lipinski definition) is 4. The number of pyridine rings is 1. The summed E-state index contributed by atoms with van der Waals surface area (Å²) in [4.78, 5) is 15.9. The molecular weight excluding hydrogens is 312 g/mol. The smallest absolute Gasteiger partial charge is 0.312 e. The summed E-state index contributed by atoms with van der Waals surface area (Å²) in [6.07, 6.45) is 0.818. The van der Waals surface area contributed by atoms with Gasteiger partial charge in [-0.25, -0.2) is 13.8 Å². The number of rotatable bonds is 2. The fourth-order valence-electron chi connectivity index (χ4n) is 1.85. The largest absolute Gasteiger partial charge is 0.350 e. The Morgan fingerprint density at radius 2 is 2.06 bits per heavy atom. The normalized spacial score (nSPS) is 18.7. The van der Waals surface area contributed by atoms with E-state index in [1.165, 1.54) is 17.2 Å². The molecule has 8 heteroatoms. The summed E-state index contributed by atoms with van der Waals surface area (Å²) in [5, 5.41) is 10.9. The van der Waals surface area contributed by atoms with Gasteiger partial charge in [0.1, 0.15) is 0 Å². The van der Waals surface area contributed by atoms with E-state index in [1.807, 2.05) is 0 Å². The van der Waals surface area contributed by atoms with Crippen LogP contribution < -0.4 is 4.90 Å². The van der Waals surface area contributed by atoms with Crippen LogP contribution in [0.25, 0.3) is 0 Å². The molecule has 0 spiro atoms. The minimum Gasteiger partial charge on any atom is -0.350 e. The Hall–Kier alpha value is -1.31. The molecule has 98 valence electrons. The Balaban J connectivity index is 2.26. The Morgan fingerprint density at radius 1 is 1.44 bits per heavy atom. The van der Waals surface area contributed by atoms with Crippen LogP contribution in [0.1, 0.15) is 12.8 Å². The van der Waals surface area contributed by atoms with Crippen LogP contribution in [0.5, 0.6) is 0 Å². The first-order valence-corrected chi connectivity index (χ1v) is 6.11. The zero-order valence-corrected chi connectivity index (χ0v) is 10.9. The molecule has 1 aromatic heterocycles. The van der Waals surface area contributed by atoms with Gasteiger partial charge < -0.3 is 4.90 Å². The van der Waals surface area contributed by atoms with Crippen molar-refractivity contribution in [2.45, 2.75) is 18.8 Å². The highest BCUT2D eigenvalue weighted by molar-refractivity contribution is 9.10. The van der Waals surface area contributed by atoms with Gasteiger partial charge in [0.25, 0.3) is 5.92 Å². The van der Waals surface area contributed by atoms with E-state index in [0.717, 1.165) is 0 Å². The molecule has 1 aliphatic heterocycles. The minimum atomic E-state index is -2.68. The van der Waals surface area contributed by atoms with Crippen molar-refractivity contribution in [2.24, 2.45) is 0 Å². The first-order chi connectivity index (χ1) is 8.39. The van der Waals surface area contributed by atoms with E-state index in [2.05, 4.69) is 20.9 Å². The van der Waals surface area contributed by atoms with Crippen LogP contribution >= 0.6 is 15.9 Å². The van der Waals surface area contributed by atoms with Gasteiger partial charge in [0.15, 0.2) is 0 Å². The molecule has 1 saturated heterocycles. The SMILES string of the molecule is O=[N+]([O-])c1cc(Br)cnc1N1CCC(F)(F)CC1. The van der Waals surface area contributed by atoms with Gasteiger partial charge in [-0.05, 0) is 15.9 Å². The van der Waals surface area contributed by atoms with Crippen molar-refractivity contribution < 1.29 is 13.7 Å². The average Bonchev–Trinajstić information content (AvgIpc) is 2.29. The number of aromatic nitrogens is 1. The van der Waals surface area contributed by atoms with Crippen molar-refractivity contribution in [2.75, 3.05) is 18.0 Å². The molecule has 0 atom stereocenters. The van der Waals surface area contributed by atoms with Gasteiger partial charge in [0, 0.05) is 42.7 Å². The number of anilines is 1. The second-order valence-electron chi connectivity index (χ2n) is 4.10. The van der Waals surface area contributed by atoms with E-state index in [9.17, 15) is 18.9 Å². The lowest BCUT2D eigenvalue weighted by atomic mass is 10.1. The maximum atomic E-state index is 13.0. The molecule has 0 aromatic carbocycles. The van der Waals surface area contributed by atoms with E-state index in [1.54, 1.807) is 0 Å². The van der Waals surface area contributed by atoms with Crippen molar-refractivity contribution in [3.05, 3.63) is 26.9 Å². The van der Waals surface area contributed by atoms with Crippen LogP contribution in [-0.2, 0) is 0 Å². The fraction of sp³-hybridized carbons (Fsp3) is 0.500. The van der Waals surface area contributed by atoms with Gasteiger partial charge >= 0.3 is 5.69 Å². The van der Waals surface area contributed by atoms with E-state index < -0.39 is 10.8 Å². The van der Waals surface area contributed by atoms with Crippen LogP contribution in [0, 0.1) is 10.1 Å². The summed E-state index contributed by atoms with van der Waals surface area (Å²) in [5.74, 6) is -2.53. The highest BCUT2D eigenvalue weighted by Crippen LogP contribution is 2.34. The summed E-state index contributed by atoms with van der Waals surface area (Å²) < 4.78 is 26.5. The molecule has 1 aromatic rings. The van der Waals surface area contributed by atoms with Crippen molar-refractivity contribution >= 4 is 27.4 Å². The van der Waals surface area contributed by atoms with E-state index >= 15 is 0 Å². The predicted molar refractivity (Wildman–Crippen MR) is 65.0 cm³/mol. The number of piperidine rings is 1. The zero-order chi connectivity index (χ0) is 13.3. The Morgan fingerprint density at radius 3 is 2.61 bits per heavy atom. The maximum absolute atomic E-state index is 13.0. The van der Waals surface area contributed by atoms with E-state index in [-0.39, 0.29) is 37.4 Å². The van der Waals surface area contributed by atoms with Gasteiger partial charge in [-0.3, -0.25) is 10.1 Å². The highest BCUT2D eigenvalue weighted by Gasteiger charge is 2.36. The van der Waals surface area contributed by atoms with Crippen LogP contribution in [0.15, 0.2) is 16.7 Å². The molecule has 0 amide bonds. The number of hydrogen-bond donors (Lipinski definition) is 0. The van der Waals surface area contributed by atoms with Gasteiger partial charge in [0.05, 0.1) is 4.92 Å². The highest BCUT2D eigenvalue weighted by atomic mass is 79.9. The molecule has 0 N–H and O–H groups in total. The molecule has 0 saturated carbocycles. The molecule has 1 fully saturated rings. The second-order valence-corrected chi connectivity index (χ2v) is 5.01. The lowest BCUT2D eigenvalue weighted by molar-refractivity contribution is -0.384. The zero-order valence-electron chi connectivity index (χ0n) is 9.28. The quantitative estimate of drug-likeness (QED) is 0.620. The van der Waals surface area contributed by atoms with Crippen molar-refractivity contribution in [3.8, 4) is 0 Å². The number of nitro groups is 1. The van der Waals surface area contributed by atoms with Crippen LogP contribution in [0.4, 0.5) is 20.3 Å². The predicted octanol–water partition coefficient (Wildman–Crippen LogP) is 2.99. The minimum absolute atomic E-state index is 0.0719. The Labute approximate surface area is 110 Å². The van der Waals surface area contributed by atoms with E-state index in [0.29, 0.717) is 4.47 Å². The first kappa shape index (κ1) is 13.1. The van der Waals surface area contributed by atoms with Gasteiger partial charge in [-0.2, -0.15) is 0 Å². The Bertz CT molecular complexity index is 474. The van der Waals surface area contributed by atoms with Gasteiger partial charge in [-0.1, -0.05) is 0 Å². The standard InChI is InChI=1S/C10H10BrF2N3O2/c11-7-5-8(16(17)18)9(14-6-7)15-3-1-10(12,13)2-4-15/h5-6H,1-4H2. The third-order valence-electron chi connectivity index (χ3n) is 2.81. The molecule has 2 heterocycles. The summed E-state index contributed by atoms with van der Waals surface area (Å²) in [5.41, 5.74) is -0.172.